The van der Waals surface area contributed by atoms with Gasteiger partial charge in [0.25, 0.3) is 5.91 Å². The van der Waals surface area contributed by atoms with Crippen molar-refractivity contribution in [2.75, 3.05) is 18.0 Å². The van der Waals surface area contributed by atoms with Crippen LogP contribution in [-0.2, 0) is 36.9 Å². The second kappa shape index (κ2) is 14.2. The zero-order chi connectivity index (χ0) is 33.7. The number of amides is 5. The van der Waals surface area contributed by atoms with E-state index in [1.165, 1.54) is 9.80 Å². The third kappa shape index (κ3) is 7.90. The van der Waals surface area contributed by atoms with E-state index in [1.54, 1.807) is 39.0 Å². The number of nitrogens with two attached hydrogens (primary N) is 1. The van der Waals surface area contributed by atoms with Gasteiger partial charge in [-0.25, -0.2) is 9.59 Å². The van der Waals surface area contributed by atoms with Crippen molar-refractivity contribution < 1.29 is 33.4 Å². The van der Waals surface area contributed by atoms with Gasteiger partial charge < -0.3 is 25.4 Å². The van der Waals surface area contributed by atoms with Crippen LogP contribution in [0.4, 0.5) is 15.3 Å². The molecule has 0 spiro atoms. The molecule has 0 aromatic heterocycles. The Labute approximate surface area is 274 Å². The first-order valence-electron chi connectivity index (χ1n) is 16.0. The fourth-order valence-electron chi connectivity index (χ4n) is 6.22. The number of aliphatic imine (C=N–C) groups is 1. The van der Waals surface area contributed by atoms with Crippen molar-refractivity contribution in [3.63, 3.8) is 0 Å². The Balaban J connectivity index is 1.24. The number of carbonyl (C=O) groups is 5. The largest absolute Gasteiger partial charge is 0.443 e. The topological polar surface area (TPSA) is 164 Å². The van der Waals surface area contributed by atoms with Crippen LogP contribution < -0.4 is 16.0 Å². The Morgan fingerprint density at radius 3 is 2.38 bits per heavy atom. The average Bonchev–Trinajstić information content (AvgIpc) is 3.54. The maximum Gasteiger partial charge on any atom is 0.437 e. The van der Waals surface area contributed by atoms with Gasteiger partial charge >= 0.3 is 12.2 Å². The first-order chi connectivity index (χ1) is 22.4. The van der Waals surface area contributed by atoms with Crippen molar-refractivity contribution >= 4 is 41.6 Å². The number of nitrogens with one attached hydrogen (secondary N) is 1. The van der Waals surface area contributed by atoms with E-state index in [9.17, 15) is 24.0 Å². The first-order valence-corrected chi connectivity index (χ1v) is 16.0. The summed E-state index contributed by atoms with van der Waals surface area (Å²) in [5, 5.41) is 2.81. The van der Waals surface area contributed by atoms with Gasteiger partial charge in [-0.05, 0) is 76.5 Å². The third-order valence-corrected chi connectivity index (χ3v) is 8.41. The number of hydrogen-bond donors (Lipinski definition) is 2. The molecule has 3 atom stereocenters. The van der Waals surface area contributed by atoms with Crippen LogP contribution >= 0.6 is 0 Å². The van der Waals surface area contributed by atoms with Crippen LogP contribution in [0.3, 0.4) is 0 Å². The van der Waals surface area contributed by atoms with Gasteiger partial charge in [0.15, 0.2) is 0 Å². The lowest BCUT2D eigenvalue weighted by atomic mass is 9.95. The summed E-state index contributed by atoms with van der Waals surface area (Å²) in [5.74, 6) is -1.62. The molecule has 13 nitrogen and oxygen atoms in total. The summed E-state index contributed by atoms with van der Waals surface area (Å²) in [4.78, 5) is 74.6. The Morgan fingerprint density at radius 1 is 0.936 bits per heavy atom. The second-order valence-corrected chi connectivity index (χ2v) is 12.9. The minimum Gasteiger partial charge on any atom is -0.443 e. The van der Waals surface area contributed by atoms with Crippen molar-refractivity contribution in [1.29, 1.82) is 0 Å². The van der Waals surface area contributed by atoms with Crippen molar-refractivity contribution in [3.05, 3.63) is 65.7 Å². The SMILES string of the molecule is CC(C)(C)OC(=O)N1c2ccccc2CCC1C(=O)N1CCC[C@H]1C(=O)N[C@H]1CCCN(/C(N)=N/C(=O)OCc2ccccc2)C1=O. The summed E-state index contributed by atoms with van der Waals surface area (Å²) >= 11 is 0. The third-order valence-electron chi connectivity index (χ3n) is 8.41. The lowest BCUT2D eigenvalue weighted by Gasteiger charge is -2.39. The maximum atomic E-state index is 14.1. The van der Waals surface area contributed by atoms with Crippen LogP contribution in [0.25, 0.3) is 0 Å². The van der Waals surface area contributed by atoms with Crippen LogP contribution in [0.2, 0.25) is 0 Å². The van der Waals surface area contributed by atoms with Gasteiger partial charge in [-0.3, -0.25) is 24.2 Å². The van der Waals surface area contributed by atoms with E-state index in [0.29, 0.717) is 50.8 Å². The minimum atomic E-state index is -0.934. The quantitative estimate of drug-likeness (QED) is 0.368. The van der Waals surface area contributed by atoms with E-state index in [1.807, 2.05) is 36.4 Å². The lowest BCUT2D eigenvalue weighted by molar-refractivity contribution is -0.141. The number of benzene rings is 2. The number of piperidine rings is 1. The average molecular weight is 647 g/mol. The van der Waals surface area contributed by atoms with Gasteiger partial charge in [0.05, 0.1) is 5.69 Å². The van der Waals surface area contributed by atoms with Gasteiger partial charge in [-0.1, -0.05) is 48.5 Å². The highest BCUT2D eigenvalue weighted by Gasteiger charge is 2.44. The predicted octanol–water partition coefficient (Wildman–Crippen LogP) is 3.49. The van der Waals surface area contributed by atoms with Crippen LogP contribution in [-0.4, -0.2) is 82.5 Å². The molecule has 0 aliphatic carbocycles. The molecule has 1 unspecified atom stereocenters. The Hall–Kier alpha value is -4.94. The van der Waals surface area contributed by atoms with Gasteiger partial charge in [-0.2, -0.15) is 0 Å². The van der Waals surface area contributed by atoms with Gasteiger partial charge in [0, 0.05) is 13.1 Å². The van der Waals surface area contributed by atoms with E-state index >= 15 is 0 Å². The van der Waals surface area contributed by atoms with Crippen LogP contribution in [0, 0.1) is 0 Å². The lowest BCUT2D eigenvalue weighted by Crippen LogP contribution is -2.60. The number of anilines is 1. The highest BCUT2D eigenvalue weighted by Crippen LogP contribution is 2.34. The molecule has 0 radical (unpaired) electrons. The number of guanidine groups is 1. The normalized spacial score (nSPS) is 21.6. The Morgan fingerprint density at radius 2 is 1.64 bits per heavy atom. The summed E-state index contributed by atoms with van der Waals surface area (Å²) < 4.78 is 10.8. The number of nitrogens with zero attached hydrogens (tertiary/aromatic N) is 4. The van der Waals surface area contributed by atoms with Gasteiger partial charge in [-0.15, -0.1) is 4.99 Å². The number of hydrogen-bond acceptors (Lipinski definition) is 7. The van der Waals surface area contributed by atoms with E-state index in [2.05, 4.69) is 10.3 Å². The predicted molar refractivity (Wildman–Crippen MR) is 173 cm³/mol. The first kappa shape index (κ1) is 33.4. The molecular weight excluding hydrogens is 604 g/mol. The number of aryl methyl sites for hydroxylation is 1. The summed E-state index contributed by atoms with van der Waals surface area (Å²) in [6.45, 7) is 5.87. The molecule has 3 N–H and O–H groups in total. The molecule has 250 valence electrons. The van der Waals surface area contributed by atoms with E-state index in [-0.39, 0.29) is 25.0 Å². The van der Waals surface area contributed by atoms with Crippen molar-refractivity contribution in [1.82, 2.24) is 15.1 Å². The van der Waals surface area contributed by atoms with Crippen molar-refractivity contribution in [3.8, 4) is 0 Å². The van der Waals surface area contributed by atoms with Gasteiger partial charge in [0.2, 0.25) is 17.8 Å². The number of likely N-dealkylation sites (tertiary alicyclic amines) is 2. The molecule has 2 fully saturated rings. The van der Waals surface area contributed by atoms with Crippen LogP contribution in [0.15, 0.2) is 59.6 Å². The number of ether oxygens (including phenoxy) is 2. The number of rotatable bonds is 5. The molecule has 0 bridgehead atoms. The number of carbonyl (C=O) groups excluding carboxylic acids is 5. The molecular formula is C34H42N6O7. The summed E-state index contributed by atoms with van der Waals surface area (Å²) in [7, 11) is 0. The molecule has 5 rings (SSSR count). The molecule has 3 heterocycles. The molecule has 2 aromatic rings. The zero-order valence-corrected chi connectivity index (χ0v) is 27.0. The highest BCUT2D eigenvalue weighted by molar-refractivity contribution is 6.04. The summed E-state index contributed by atoms with van der Waals surface area (Å²) in [5.41, 5.74) is 7.57. The number of para-hydroxylation sites is 1. The molecule has 3 aliphatic heterocycles. The molecule has 2 saturated heterocycles. The Kier molecular flexibility index (Phi) is 10.1. The Bertz CT molecular complexity index is 1540. The monoisotopic (exact) mass is 646 g/mol. The molecule has 47 heavy (non-hydrogen) atoms. The van der Waals surface area contributed by atoms with Crippen molar-refractivity contribution in [2.45, 2.75) is 89.6 Å². The van der Waals surface area contributed by atoms with Crippen LogP contribution in [0.1, 0.15) is 64.0 Å². The molecule has 13 heteroatoms. The second-order valence-electron chi connectivity index (χ2n) is 12.9. The molecule has 0 saturated carbocycles. The summed E-state index contributed by atoms with van der Waals surface area (Å²) in [6.07, 6.45) is 1.28. The van der Waals surface area contributed by atoms with Crippen LogP contribution in [0.5, 0.6) is 0 Å². The maximum absolute atomic E-state index is 14.1. The molecule has 3 aliphatic rings. The zero-order valence-electron chi connectivity index (χ0n) is 27.0. The minimum absolute atomic E-state index is 0.00257. The molecule has 2 aromatic carbocycles. The van der Waals surface area contributed by atoms with E-state index < -0.39 is 47.7 Å². The summed E-state index contributed by atoms with van der Waals surface area (Å²) in [6, 6.07) is 13.9. The fraction of sp³-hybridized carbons (Fsp3) is 0.471. The molecule has 5 amide bonds. The van der Waals surface area contributed by atoms with E-state index in [0.717, 1.165) is 16.0 Å². The van der Waals surface area contributed by atoms with Gasteiger partial charge in [0.1, 0.15) is 30.3 Å². The standard InChI is InChI=1S/C34H42N6O7/c1-34(2,3)47-33(45)40-25-15-8-7-13-23(25)17-18-27(40)30(43)38-19-10-16-26(38)28(41)36-24-14-9-20-39(29(24)42)31(35)37-32(44)46-21-22-11-5-4-6-12-22/h4-8,11-13,15,24,26-27H,9-10,14,16-21H2,1-3H3,(H,36,41)(H2,35,37,44)/t24-,26-,27?/m0/s1. The number of fused-ring (bicyclic) bond motifs is 1. The van der Waals surface area contributed by atoms with Crippen molar-refractivity contribution in [2.24, 2.45) is 10.7 Å². The fourth-order valence-corrected chi connectivity index (χ4v) is 6.22. The van der Waals surface area contributed by atoms with E-state index in [4.69, 9.17) is 15.2 Å². The highest BCUT2D eigenvalue weighted by atomic mass is 16.6. The smallest absolute Gasteiger partial charge is 0.437 e.